The van der Waals surface area contributed by atoms with Crippen molar-refractivity contribution in [1.29, 1.82) is 0 Å². The van der Waals surface area contributed by atoms with E-state index in [1.54, 1.807) is 19.1 Å². The van der Waals surface area contributed by atoms with Crippen molar-refractivity contribution >= 4 is 11.9 Å². The van der Waals surface area contributed by atoms with E-state index in [2.05, 4.69) is 20.0 Å². The van der Waals surface area contributed by atoms with Gasteiger partial charge in [-0.2, -0.15) is 13.8 Å². The summed E-state index contributed by atoms with van der Waals surface area (Å²) in [5.41, 5.74) is 1.37. The van der Waals surface area contributed by atoms with Gasteiger partial charge in [0, 0.05) is 31.6 Å². The minimum Gasteiger partial charge on any atom is -0.494 e. The highest BCUT2D eigenvalue weighted by molar-refractivity contribution is 5.95. The van der Waals surface area contributed by atoms with Crippen LogP contribution in [0.5, 0.6) is 5.75 Å². The predicted octanol–water partition coefficient (Wildman–Crippen LogP) is 3.68. The first kappa shape index (κ1) is 24.9. The number of aliphatic hydroxyl groups excluding tert-OH is 1. The summed E-state index contributed by atoms with van der Waals surface area (Å²) < 4.78 is 37.1. The molecule has 0 spiro atoms. The Bertz CT molecular complexity index is 923. The van der Waals surface area contributed by atoms with Gasteiger partial charge >= 0.3 is 5.92 Å². The third-order valence-corrected chi connectivity index (χ3v) is 5.81. The zero-order chi connectivity index (χ0) is 24.0. The number of halogens is 2. The number of rotatable bonds is 10. The molecule has 0 saturated carbocycles. The van der Waals surface area contributed by atoms with Crippen molar-refractivity contribution in [3.8, 4) is 5.75 Å². The summed E-state index contributed by atoms with van der Waals surface area (Å²) in [5, 5.41) is 15.5. The predicted molar refractivity (Wildman–Crippen MR) is 119 cm³/mol. The van der Waals surface area contributed by atoms with E-state index in [1.165, 1.54) is 0 Å². The van der Waals surface area contributed by atoms with Crippen molar-refractivity contribution < 1.29 is 27.9 Å². The molecule has 0 bridgehead atoms. The van der Waals surface area contributed by atoms with Crippen LogP contribution in [0.15, 0.2) is 22.7 Å². The minimum atomic E-state index is -3.13. The fourth-order valence-electron chi connectivity index (χ4n) is 3.83. The summed E-state index contributed by atoms with van der Waals surface area (Å²) in [6, 6.07) is 5.06. The lowest BCUT2D eigenvalue weighted by Gasteiger charge is -2.30. The summed E-state index contributed by atoms with van der Waals surface area (Å²) in [6.45, 7) is 6.21. The number of ether oxygens (including phenoxy) is 1. The topological polar surface area (TPSA) is 101 Å². The highest BCUT2D eigenvalue weighted by Crippen LogP contribution is 2.29. The lowest BCUT2D eigenvalue weighted by atomic mass is 9.92. The zero-order valence-electron chi connectivity index (χ0n) is 19.3. The van der Waals surface area contributed by atoms with Gasteiger partial charge in [0.2, 0.25) is 0 Å². The van der Waals surface area contributed by atoms with Crippen LogP contribution >= 0.6 is 0 Å². The van der Waals surface area contributed by atoms with Gasteiger partial charge in [-0.1, -0.05) is 0 Å². The average molecular weight is 467 g/mol. The SMILES string of the molecule is Cc1cc(OCCCC2CCN(c3noc(C(C)(F)F)n3)CC2)ccc1C(=O)NC(C)CO. The number of amides is 1. The smallest absolute Gasteiger partial charge is 0.322 e. The molecule has 2 aromatic rings. The second-order valence-electron chi connectivity index (χ2n) is 8.74. The van der Waals surface area contributed by atoms with Crippen molar-refractivity contribution in [3.05, 3.63) is 35.2 Å². The number of carbonyl (C=O) groups is 1. The largest absolute Gasteiger partial charge is 0.494 e. The number of alkyl halides is 2. The van der Waals surface area contributed by atoms with Crippen molar-refractivity contribution in [2.24, 2.45) is 5.92 Å². The molecule has 1 aliphatic rings. The molecule has 33 heavy (non-hydrogen) atoms. The highest BCUT2D eigenvalue weighted by atomic mass is 19.3. The number of aromatic nitrogens is 2. The van der Waals surface area contributed by atoms with Crippen molar-refractivity contribution in [3.63, 3.8) is 0 Å². The van der Waals surface area contributed by atoms with Crippen LogP contribution < -0.4 is 15.0 Å². The number of nitrogens with one attached hydrogen (secondary N) is 1. The van der Waals surface area contributed by atoms with Crippen LogP contribution in [0, 0.1) is 12.8 Å². The molecular formula is C23H32F2N4O4. The third-order valence-electron chi connectivity index (χ3n) is 5.81. The van der Waals surface area contributed by atoms with E-state index in [0.29, 0.717) is 31.2 Å². The number of aryl methyl sites for hydroxylation is 1. The maximum Gasteiger partial charge on any atom is 0.322 e. The van der Waals surface area contributed by atoms with E-state index in [9.17, 15) is 13.6 Å². The van der Waals surface area contributed by atoms with Gasteiger partial charge in [-0.25, -0.2) is 0 Å². The van der Waals surface area contributed by atoms with Gasteiger partial charge in [0.1, 0.15) is 5.75 Å². The van der Waals surface area contributed by atoms with Crippen LogP contribution in [0.1, 0.15) is 61.3 Å². The molecule has 182 valence electrons. The van der Waals surface area contributed by atoms with Crippen LogP contribution in [-0.2, 0) is 5.92 Å². The first-order valence-electron chi connectivity index (χ1n) is 11.3. The normalized spacial score (nSPS) is 16.0. The van der Waals surface area contributed by atoms with Crippen molar-refractivity contribution in [2.45, 2.75) is 58.4 Å². The Balaban J connectivity index is 1.38. The first-order valence-corrected chi connectivity index (χ1v) is 11.3. The second kappa shape index (κ2) is 10.9. The Morgan fingerprint density at radius 3 is 2.73 bits per heavy atom. The van der Waals surface area contributed by atoms with Crippen LogP contribution in [-0.4, -0.2) is 53.5 Å². The van der Waals surface area contributed by atoms with E-state index >= 15 is 0 Å². The van der Waals surface area contributed by atoms with Gasteiger partial charge < -0.3 is 24.6 Å². The Labute approximate surface area is 192 Å². The summed E-state index contributed by atoms with van der Waals surface area (Å²) in [4.78, 5) is 17.9. The first-order chi connectivity index (χ1) is 15.7. The van der Waals surface area contributed by atoms with Crippen LogP contribution in [0.3, 0.4) is 0 Å². The molecule has 2 heterocycles. The van der Waals surface area contributed by atoms with Crippen molar-refractivity contribution in [2.75, 3.05) is 31.2 Å². The Kier molecular flexibility index (Phi) is 8.23. The molecule has 1 atom stereocenters. The van der Waals surface area contributed by atoms with Crippen molar-refractivity contribution in [1.82, 2.24) is 15.5 Å². The maximum atomic E-state index is 13.3. The number of aliphatic hydroxyl groups is 1. The summed E-state index contributed by atoms with van der Waals surface area (Å²) >= 11 is 0. The van der Waals surface area contributed by atoms with Gasteiger partial charge in [-0.05, 0) is 74.4 Å². The maximum absolute atomic E-state index is 13.3. The molecule has 0 aliphatic carbocycles. The van der Waals surface area contributed by atoms with Gasteiger partial charge in [0.25, 0.3) is 17.7 Å². The Hall–Kier alpha value is -2.75. The lowest BCUT2D eigenvalue weighted by molar-refractivity contribution is -0.0158. The molecule has 0 radical (unpaired) electrons. The molecule has 1 aliphatic heterocycles. The van der Waals surface area contributed by atoms with Gasteiger partial charge in [-0.15, -0.1) is 0 Å². The molecule has 1 aromatic heterocycles. The third kappa shape index (κ3) is 6.86. The van der Waals surface area contributed by atoms with Gasteiger partial charge in [0.05, 0.1) is 13.2 Å². The molecule has 8 nitrogen and oxygen atoms in total. The highest BCUT2D eigenvalue weighted by Gasteiger charge is 2.33. The van der Waals surface area contributed by atoms with E-state index < -0.39 is 11.8 Å². The zero-order valence-corrected chi connectivity index (χ0v) is 19.3. The molecule has 1 amide bonds. The minimum absolute atomic E-state index is 0.110. The molecule has 3 rings (SSSR count). The van der Waals surface area contributed by atoms with E-state index in [4.69, 9.17) is 9.84 Å². The molecular weight excluding hydrogens is 434 g/mol. The Morgan fingerprint density at radius 2 is 2.12 bits per heavy atom. The summed E-state index contributed by atoms with van der Waals surface area (Å²) in [7, 11) is 0. The summed E-state index contributed by atoms with van der Waals surface area (Å²) in [6.07, 6.45) is 3.77. The molecule has 10 heteroatoms. The molecule has 1 aromatic carbocycles. The van der Waals surface area contributed by atoms with Gasteiger partial charge in [0.15, 0.2) is 0 Å². The number of piperidine rings is 1. The van der Waals surface area contributed by atoms with Crippen LogP contribution in [0.25, 0.3) is 0 Å². The Morgan fingerprint density at radius 1 is 1.39 bits per heavy atom. The monoisotopic (exact) mass is 466 g/mol. The van der Waals surface area contributed by atoms with Crippen LogP contribution in [0.2, 0.25) is 0 Å². The standard InChI is InChI=1S/C23H32F2N4O4/c1-15-13-18(6-7-19(15)20(31)26-16(2)14-30)32-12-4-5-17-8-10-29(11-9-17)22-27-21(33-28-22)23(3,24)25/h6-7,13,16-17,30H,4-5,8-12,14H2,1-3H3,(H,26,31). The summed E-state index contributed by atoms with van der Waals surface area (Å²) in [5.74, 6) is -2.52. The van der Waals surface area contributed by atoms with E-state index in [1.807, 2.05) is 17.9 Å². The molecule has 1 fully saturated rings. The fraction of sp³-hybridized carbons (Fsp3) is 0.609. The number of hydrogen-bond acceptors (Lipinski definition) is 7. The average Bonchev–Trinajstić information content (AvgIpc) is 3.28. The van der Waals surface area contributed by atoms with Gasteiger partial charge in [-0.3, -0.25) is 4.79 Å². The number of nitrogens with zero attached hydrogens (tertiary/aromatic N) is 3. The second-order valence-corrected chi connectivity index (χ2v) is 8.74. The number of hydrogen-bond donors (Lipinski definition) is 2. The lowest BCUT2D eigenvalue weighted by Crippen LogP contribution is -2.35. The van der Waals surface area contributed by atoms with Crippen LogP contribution in [0.4, 0.5) is 14.7 Å². The van der Waals surface area contributed by atoms with E-state index in [0.717, 1.165) is 43.9 Å². The fourth-order valence-corrected chi connectivity index (χ4v) is 3.83. The molecule has 1 unspecified atom stereocenters. The number of carbonyl (C=O) groups excluding carboxylic acids is 1. The quantitative estimate of drug-likeness (QED) is 0.515. The molecule has 2 N–H and O–H groups in total. The number of benzene rings is 1. The number of anilines is 1. The molecule has 1 saturated heterocycles. The van der Waals surface area contributed by atoms with E-state index in [-0.39, 0.29) is 24.5 Å².